The Bertz CT molecular complexity index is 1090. The summed E-state index contributed by atoms with van der Waals surface area (Å²) in [6, 6.07) is 10.1. The molecule has 0 saturated heterocycles. The van der Waals surface area contributed by atoms with E-state index in [1.165, 1.54) is 12.1 Å². The van der Waals surface area contributed by atoms with Gasteiger partial charge in [0.2, 0.25) is 17.8 Å². The Morgan fingerprint density at radius 3 is 2.45 bits per heavy atom. The van der Waals surface area contributed by atoms with Crippen LogP contribution in [0.3, 0.4) is 0 Å². The molecule has 3 rings (SSSR count). The Morgan fingerprint density at radius 2 is 1.77 bits per heavy atom. The molecular formula is C19H17BrF3N7O. The fourth-order valence-corrected chi connectivity index (χ4v) is 2.98. The highest BCUT2D eigenvalue weighted by Crippen LogP contribution is 2.31. The first kappa shape index (κ1) is 22.3. The lowest BCUT2D eigenvalue weighted by Crippen LogP contribution is -2.08. The number of nitrogens with zero attached hydrogens (tertiary/aromatic N) is 4. The summed E-state index contributed by atoms with van der Waals surface area (Å²) in [5, 5.41) is 9.59. The molecule has 8 nitrogen and oxygen atoms in total. The highest BCUT2D eigenvalue weighted by molar-refractivity contribution is 9.10. The lowest BCUT2D eigenvalue weighted by molar-refractivity contribution is -0.137. The standard InChI is InChI=1S/C19H17BrF3N7O/c1-24-16-27-17(26-13-5-3-4-12(9-13)19(21,22)23)29-18(28-16)30-25-10-11-6-7-15(31-2)14(20)8-11/h3-10H,1-2H3,(H3,24,26,27,28,29,30). The molecule has 2 aromatic carbocycles. The molecule has 0 bridgehead atoms. The van der Waals surface area contributed by atoms with Crippen LogP contribution in [0.2, 0.25) is 0 Å². The van der Waals surface area contributed by atoms with Crippen molar-refractivity contribution in [2.75, 3.05) is 30.2 Å². The van der Waals surface area contributed by atoms with Gasteiger partial charge in [0, 0.05) is 12.7 Å². The van der Waals surface area contributed by atoms with Gasteiger partial charge in [0.05, 0.1) is 23.4 Å². The second-order valence-corrected chi connectivity index (χ2v) is 6.88. The van der Waals surface area contributed by atoms with Gasteiger partial charge in [-0.2, -0.15) is 33.2 Å². The molecule has 0 atom stereocenters. The molecule has 0 radical (unpaired) electrons. The van der Waals surface area contributed by atoms with Crippen molar-refractivity contribution in [1.29, 1.82) is 0 Å². The van der Waals surface area contributed by atoms with Crippen LogP contribution in [0, 0.1) is 0 Å². The number of hydrogen-bond acceptors (Lipinski definition) is 8. The summed E-state index contributed by atoms with van der Waals surface area (Å²) in [7, 11) is 3.17. The normalized spacial score (nSPS) is 11.4. The molecule has 1 heterocycles. The molecule has 162 valence electrons. The van der Waals surface area contributed by atoms with Crippen LogP contribution in [0.5, 0.6) is 5.75 Å². The van der Waals surface area contributed by atoms with E-state index in [1.807, 2.05) is 12.1 Å². The van der Waals surface area contributed by atoms with Crippen LogP contribution in [-0.4, -0.2) is 35.3 Å². The quantitative estimate of drug-likeness (QED) is 0.317. The SMILES string of the molecule is CNc1nc(NN=Cc2ccc(OC)c(Br)c2)nc(Nc2cccc(C(F)(F)F)c2)n1. The van der Waals surface area contributed by atoms with Gasteiger partial charge in [-0.05, 0) is 57.9 Å². The van der Waals surface area contributed by atoms with Gasteiger partial charge in [-0.15, -0.1) is 0 Å². The van der Waals surface area contributed by atoms with Crippen molar-refractivity contribution in [3.63, 3.8) is 0 Å². The zero-order valence-corrected chi connectivity index (χ0v) is 17.9. The lowest BCUT2D eigenvalue weighted by Gasteiger charge is -2.11. The zero-order chi connectivity index (χ0) is 22.4. The van der Waals surface area contributed by atoms with Crippen LogP contribution in [0.1, 0.15) is 11.1 Å². The summed E-state index contributed by atoms with van der Waals surface area (Å²) in [5.74, 6) is 1.03. The maximum Gasteiger partial charge on any atom is 0.416 e. The number of nitrogens with one attached hydrogen (secondary N) is 3. The van der Waals surface area contributed by atoms with Crippen LogP contribution in [0.4, 0.5) is 36.7 Å². The average Bonchev–Trinajstić information content (AvgIpc) is 2.73. The molecular weight excluding hydrogens is 479 g/mol. The minimum atomic E-state index is -4.45. The van der Waals surface area contributed by atoms with Gasteiger partial charge in [-0.25, -0.2) is 5.43 Å². The monoisotopic (exact) mass is 495 g/mol. The van der Waals surface area contributed by atoms with Crippen molar-refractivity contribution in [2.24, 2.45) is 5.10 Å². The molecule has 3 N–H and O–H groups in total. The molecule has 0 aliphatic heterocycles. The third-order valence-electron chi connectivity index (χ3n) is 3.86. The topological polar surface area (TPSA) is 96.4 Å². The van der Waals surface area contributed by atoms with Crippen molar-refractivity contribution < 1.29 is 17.9 Å². The summed E-state index contributed by atoms with van der Waals surface area (Å²) in [6.45, 7) is 0. The van der Waals surface area contributed by atoms with E-state index in [1.54, 1.807) is 26.4 Å². The highest BCUT2D eigenvalue weighted by atomic mass is 79.9. The molecule has 0 unspecified atom stereocenters. The number of methoxy groups -OCH3 is 1. The number of aromatic nitrogens is 3. The van der Waals surface area contributed by atoms with E-state index >= 15 is 0 Å². The van der Waals surface area contributed by atoms with Crippen molar-refractivity contribution in [3.05, 3.63) is 58.1 Å². The number of hydrogen-bond donors (Lipinski definition) is 3. The average molecular weight is 496 g/mol. The van der Waals surface area contributed by atoms with Crippen LogP contribution in [0.25, 0.3) is 0 Å². The number of anilines is 4. The molecule has 0 spiro atoms. The molecule has 3 aromatic rings. The number of ether oxygens (including phenoxy) is 1. The number of hydrazone groups is 1. The lowest BCUT2D eigenvalue weighted by atomic mass is 10.2. The Balaban J connectivity index is 1.77. The van der Waals surface area contributed by atoms with Gasteiger partial charge in [0.15, 0.2) is 0 Å². The van der Waals surface area contributed by atoms with Gasteiger partial charge in [0.25, 0.3) is 0 Å². The molecule has 0 fully saturated rings. The summed E-state index contributed by atoms with van der Waals surface area (Å²) in [5.41, 5.74) is 2.86. The van der Waals surface area contributed by atoms with E-state index in [0.29, 0.717) is 5.75 Å². The van der Waals surface area contributed by atoms with Crippen molar-refractivity contribution in [3.8, 4) is 5.75 Å². The Hall–Kier alpha value is -3.41. The van der Waals surface area contributed by atoms with Crippen LogP contribution in [0.15, 0.2) is 52.0 Å². The van der Waals surface area contributed by atoms with Crippen molar-refractivity contribution >= 4 is 45.7 Å². The first-order valence-electron chi connectivity index (χ1n) is 8.79. The summed E-state index contributed by atoms with van der Waals surface area (Å²) in [4.78, 5) is 12.4. The number of benzene rings is 2. The molecule has 12 heteroatoms. The summed E-state index contributed by atoms with van der Waals surface area (Å²) < 4.78 is 44.7. The van der Waals surface area contributed by atoms with Gasteiger partial charge >= 0.3 is 6.18 Å². The largest absolute Gasteiger partial charge is 0.496 e. The Kier molecular flexibility index (Phi) is 6.90. The van der Waals surface area contributed by atoms with Gasteiger partial charge in [-0.3, -0.25) is 0 Å². The van der Waals surface area contributed by atoms with Gasteiger partial charge in [0.1, 0.15) is 5.75 Å². The van der Waals surface area contributed by atoms with Crippen LogP contribution < -0.4 is 20.8 Å². The Labute approximate surface area is 184 Å². The van der Waals surface area contributed by atoms with E-state index < -0.39 is 11.7 Å². The second-order valence-electron chi connectivity index (χ2n) is 6.02. The minimum Gasteiger partial charge on any atom is -0.496 e. The first-order valence-corrected chi connectivity index (χ1v) is 9.58. The summed E-state index contributed by atoms with van der Waals surface area (Å²) >= 11 is 3.39. The van der Waals surface area contributed by atoms with Crippen LogP contribution >= 0.6 is 15.9 Å². The molecule has 0 amide bonds. The van der Waals surface area contributed by atoms with Crippen LogP contribution in [-0.2, 0) is 6.18 Å². The zero-order valence-electron chi connectivity index (χ0n) is 16.3. The molecule has 1 aromatic heterocycles. The third-order valence-corrected chi connectivity index (χ3v) is 4.48. The van der Waals surface area contributed by atoms with Gasteiger partial charge < -0.3 is 15.4 Å². The van der Waals surface area contributed by atoms with Crippen molar-refractivity contribution in [1.82, 2.24) is 15.0 Å². The fourth-order valence-electron chi connectivity index (χ4n) is 2.42. The van der Waals surface area contributed by atoms with E-state index in [-0.39, 0.29) is 23.5 Å². The number of halogens is 4. The minimum absolute atomic E-state index is 0.0450. The van der Waals surface area contributed by atoms with E-state index in [9.17, 15) is 13.2 Å². The fraction of sp³-hybridized carbons (Fsp3) is 0.158. The first-order chi connectivity index (χ1) is 14.8. The smallest absolute Gasteiger partial charge is 0.416 e. The molecule has 31 heavy (non-hydrogen) atoms. The highest BCUT2D eigenvalue weighted by Gasteiger charge is 2.30. The van der Waals surface area contributed by atoms with E-state index in [2.05, 4.69) is 52.0 Å². The predicted molar refractivity (Wildman–Crippen MR) is 116 cm³/mol. The maximum atomic E-state index is 12.9. The van der Waals surface area contributed by atoms with Gasteiger partial charge in [-0.1, -0.05) is 6.07 Å². The summed E-state index contributed by atoms with van der Waals surface area (Å²) in [6.07, 6.45) is -2.91. The number of alkyl halides is 3. The van der Waals surface area contributed by atoms with Crippen molar-refractivity contribution in [2.45, 2.75) is 6.18 Å². The maximum absolute atomic E-state index is 12.9. The predicted octanol–water partition coefficient (Wildman–Crippen LogP) is 4.89. The van der Waals surface area contributed by atoms with E-state index in [0.717, 1.165) is 22.2 Å². The second kappa shape index (κ2) is 9.60. The number of rotatable bonds is 7. The van der Waals surface area contributed by atoms with E-state index in [4.69, 9.17) is 4.74 Å². The molecule has 0 aliphatic rings. The molecule has 0 aliphatic carbocycles. The molecule has 0 saturated carbocycles. The Morgan fingerprint density at radius 1 is 1.03 bits per heavy atom. The third kappa shape index (κ3) is 6.04.